The van der Waals surface area contributed by atoms with Crippen LogP contribution in [0.2, 0.25) is 0 Å². The molecule has 1 aromatic heterocycles. The van der Waals surface area contributed by atoms with Crippen molar-refractivity contribution < 1.29 is 15.0 Å². The zero-order chi connectivity index (χ0) is 11.3. The fourth-order valence-corrected chi connectivity index (χ4v) is 1.12. The van der Waals surface area contributed by atoms with Crippen LogP contribution in [0.5, 0.6) is 0 Å². The van der Waals surface area contributed by atoms with E-state index in [9.17, 15) is 4.79 Å². The molecule has 5 nitrogen and oxygen atoms in total. The van der Waals surface area contributed by atoms with Gasteiger partial charge in [0.05, 0.1) is 18.3 Å². The van der Waals surface area contributed by atoms with Crippen LogP contribution in [0.1, 0.15) is 10.4 Å². The molecule has 15 heavy (non-hydrogen) atoms. The molecule has 1 amide bonds. The van der Waals surface area contributed by atoms with E-state index in [4.69, 9.17) is 10.2 Å². The predicted molar refractivity (Wildman–Crippen MR) is 57.4 cm³/mol. The third kappa shape index (κ3) is 3.94. The maximum atomic E-state index is 11.4. The second-order valence-electron chi connectivity index (χ2n) is 2.92. The van der Waals surface area contributed by atoms with Gasteiger partial charge in [-0.3, -0.25) is 4.79 Å². The SMILES string of the molecule is O=C(NCC(O)CO)c1ccc(Br)nc1. The first kappa shape index (κ1) is 12.1. The lowest BCUT2D eigenvalue weighted by molar-refractivity contribution is 0.0801. The minimum absolute atomic E-state index is 0.0192. The summed E-state index contributed by atoms with van der Waals surface area (Å²) in [5.41, 5.74) is 0.406. The van der Waals surface area contributed by atoms with Crippen molar-refractivity contribution in [2.75, 3.05) is 13.2 Å². The van der Waals surface area contributed by atoms with Gasteiger partial charge in [-0.15, -0.1) is 0 Å². The first-order chi connectivity index (χ1) is 7.13. The first-order valence-corrected chi connectivity index (χ1v) is 5.11. The zero-order valence-electron chi connectivity index (χ0n) is 7.85. The number of halogens is 1. The van der Waals surface area contributed by atoms with Gasteiger partial charge >= 0.3 is 0 Å². The molecule has 1 heterocycles. The first-order valence-electron chi connectivity index (χ1n) is 4.32. The number of pyridine rings is 1. The van der Waals surface area contributed by atoms with E-state index in [1.165, 1.54) is 6.20 Å². The molecular formula is C9H11BrN2O3. The molecule has 0 spiro atoms. The normalized spacial score (nSPS) is 12.2. The number of carbonyl (C=O) groups is 1. The molecule has 82 valence electrons. The Bertz CT molecular complexity index is 329. The molecule has 0 bridgehead atoms. The van der Waals surface area contributed by atoms with Crippen molar-refractivity contribution in [1.29, 1.82) is 0 Å². The zero-order valence-corrected chi connectivity index (χ0v) is 9.44. The minimum Gasteiger partial charge on any atom is -0.394 e. The van der Waals surface area contributed by atoms with Crippen molar-refractivity contribution in [2.24, 2.45) is 0 Å². The number of aliphatic hydroxyl groups is 2. The molecule has 6 heteroatoms. The second kappa shape index (κ2) is 5.79. The summed E-state index contributed by atoms with van der Waals surface area (Å²) in [6.45, 7) is -0.357. The van der Waals surface area contributed by atoms with E-state index in [-0.39, 0.29) is 19.1 Å². The molecule has 0 fully saturated rings. The van der Waals surface area contributed by atoms with Gasteiger partial charge < -0.3 is 15.5 Å². The van der Waals surface area contributed by atoms with E-state index in [2.05, 4.69) is 26.2 Å². The van der Waals surface area contributed by atoms with E-state index < -0.39 is 6.10 Å². The van der Waals surface area contributed by atoms with Crippen molar-refractivity contribution in [3.8, 4) is 0 Å². The number of nitrogens with zero attached hydrogens (tertiary/aromatic N) is 1. The number of hydrogen-bond acceptors (Lipinski definition) is 4. The monoisotopic (exact) mass is 274 g/mol. The molecule has 0 aliphatic carbocycles. The summed E-state index contributed by atoms with van der Waals surface area (Å²) in [4.78, 5) is 15.3. The van der Waals surface area contributed by atoms with Crippen LogP contribution >= 0.6 is 15.9 Å². The van der Waals surface area contributed by atoms with E-state index >= 15 is 0 Å². The Labute approximate surface area is 95.3 Å². The molecular weight excluding hydrogens is 264 g/mol. The average molecular weight is 275 g/mol. The number of carbonyl (C=O) groups excluding carboxylic acids is 1. The average Bonchev–Trinajstić information content (AvgIpc) is 2.26. The Morgan fingerprint density at radius 1 is 1.60 bits per heavy atom. The highest BCUT2D eigenvalue weighted by atomic mass is 79.9. The van der Waals surface area contributed by atoms with E-state index in [0.717, 1.165) is 0 Å². The molecule has 1 unspecified atom stereocenters. The standard InChI is InChI=1S/C9H11BrN2O3/c10-8-2-1-6(3-11-8)9(15)12-4-7(14)5-13/h1-3,7,13-14H,4-5H2,(H,12,15). The predicted octanol–water partition coefficient (Wildman–Crippen LogP) is -0.0729. The number of aliphatic hydroxyl groups excluding tert-OH is 2. The third-order valence-electron chi connectivity index (χ3n) is 1.70. The van der Waals surface area contributed by atoms with E-state index in [1.807, 2.05) is 0 Å². The molecule has 3 N–H and O–H groups in total. The van der Waals surface area contributed by atoms with E-state index in [1.54, 1.807) is 12.1 Å². The van der Waals surface area contributed by atoms with Crippen molar-refractivity contribution in [3.05, 3.63) is 28.5 Å². The van der Waals surface area contributed by atoms with Crippen molar-refractivity contribution >= 4 is 21.8 Å². The number of rotatable bonds is 4. The molecule has 0 aliphatic rings. The lowest BCUT2D eigenvalue weighted by Crippen LogP contribution is -2.33. The van der Waals surface area contributed by atoms with Crippen LogP contribution in [0.4, 0.5) is 0 Å². The molecule has 0 aliphatic heterocycles. The number of aromatic nitrogens is 1. The molecule has 0 aromatic carbocycles. The van der Waals surface area contributed by atoms with Crippen molar-refractivity contribution in [3.63, 3.8) is 0 Å². The van der Waals surface area contributed by atoms with Crippen LogP contribution in [0.15, 0.2) is 22.9 Å². The number of nitrogens with one attached hydrogen (secondary N) is 1. The van der Waals surface area contributed by atoms with Gasteiger partial charge in [-0.05, 0) is 28.1 Å². The summed E-state index contributed by atoms with van der Waals surface area (Å²) in [6.07, 6.45) is 0.488. The van der Waals surface area contributed by atoms with Crippen LogP contribution < -0.4 is 5.32 Å². The van der Waals surface area contributed by atoms with Crippen molar-refractivity contribution in [2.45, 2.75) is 6.10 Å². The summed E-state index contributed by atoms with van der Waals surface area (Å²) in [7, 11) is 0. The van der Waals surface area contributed by atoms with E-state index in [0.29, 0.717) is 10.2 Å². The topological polar surface area (TPSA) is 82.5 Å². The highest BCUT2D eigenvalue weighted by molar-refractivity contribution is 9.10. The molecule has 1 atom stereocenters. The van der Waals surface area contributed by atoms with Gasteiger partial charge in [0.1, 0.15) is 4.60 Å². The smallest absolute Gasteiger partial charge is 0.252 e. The Hall–Kier alpha value is -0.980. The van der Waals surface area contributed by atoms with Gasteiger partial charge in [0.15, 0.2) is 0 Å². The summed E-state index contributed by atoms with van der Waals surface area (Å²) in [6, 6.07) is 3.26. The van der Waals surface area contributed by atoms with Crippen molar-refractivity contribution in [1.82, 2.24) is 10.3 Å². The second-order valence-corrected chi connectivity index (χ2v) is 3.73. The van der Waals surface area contributed by atoms with Crippen LogP contribution in [0, 0.1) is 0 Å². The Morgan fingerprint density at radius 2 is 2.33 bits per heavy atom. The van der Waals surface area contributed by atoms with Crippen LogP contribution in [-0.2, 0) is 0 Å². The third-order valence-corrected chi connectivity index (χ3v) is 2.17. The van der Waals surface area contributed by atoms with Gasteiger partial charge in [0, 0.05) is 12.7 Å². The molecule has 1 rings (SSSR count). The maximum Gasteiger partial charge on any atom is 0.252 e. The Kier molecular flexibility index (Phi) is 4.67. The fourth-order valence-electron chi connectivity index (χ4n) is 0.887. The molecule has 0 radical (unpaired) electrons. The summed E-state index contributed by atoms with van der Waals surface area (Å²) < 4.78 is 0.648. The van der Waals surface area contributed by atoms with Gasteiger partial charge in [-0.2, -0.15) is 0 Å². The summed E-state index contributed by atoms with van der Waals surface area (Å²) in [5.74, 6) is -0.331. The lowest BCUT2D eigenvalue weighted by atomic mass is 10.2. The quantitative estimate of drug-likeness (QED) is 0.672. The maximum absolute atomic E-state index is 11.4. The Morgan fingerprint density at radius 3 is 2.87 bits per heavy atom. The van der Waals surface area contributed by atoms with Gasteiger partial charge in [-0.1, -0.05) is 0 Å². The molecule has 0 saturated carbocycles. The Balaban J connectivity index is 2.50. The van der Waals surface area contributed by atoms with Gasteiger partial charge in [0.2, 0.25) is 0 Å². The van der Waals surface area contributed by atoms with Crippen LogP contribution in [0.25, 0.3) is 0 Å². The largest absolute Gasteiger partial charge is 0.394 e. The highest BCUT2D eigenvalue weighted by Crippen LogP contribution is 2.05. The number of hydrogen-bond donors (Lipinski definition) is 3. The molecule has 1 aromatic rings. The summed E-state index contributed by atoms with van der Waals surface area (Å²) in [5, 5.41) is 20.0. The van der Waals surface area contributed by atoms with Gasteiger partial charge in [-0.25, -0.2) is 4.98 Å². The minimum atomic E-state index is -0.933. The lowest BCUT2D eigenvalue weighted by Gasteiger charge is -2.08. The number of amides is 1. The summed E-state index contributed by atoms with van der Waals surface area (Å²) >= 11 is 3.15. The van der Waals surface area contributed by atoms with Gasteiger partial charge in [0.25, 0.3) is 5.91 Å². The van der Waals surface area contributed by atoms with Crippen LogP contribution in [-0.4, -0.2) is 40.4 Å². The van der Waals surface area contributed by atoms with Crippen LogP contribution in [0.3, 0.4) is 0 Å². The highest BCUT2D eigenvalue weighted by Gasteiger charge is 2.08. The molecule has 0 saturated heterocycles. The fraction of sp³-hybridized carbons (Fsp3) is 0.333.